The maximum atomic E-state index is 11.0. The minimum Gasteiger partial charge on any atom is -0.481 e. The third-order valence-corrected chi connectivity index (χ3v) is 4.94. The number of hydrogen-bond donors (Lipinski definition) is 1. The van der Waals surface area contributed by atoms with Crippen molar-refractivity contribution in [3.8, 4) is 0 Å². The molecule has 1 aromatic carbocycles. The Balaban J connectivity index is 1.84. The number of para-hydroxylation sites is 1. The molecule has 1 N–H and O–H groups in total. The standard InChI is InChI=1S/C16H18N2O2S/c19-15(20)9-14-11-21-8-7-18(14)10-13-4-1-3-12-5-2-6-17-16(12)13/h1-6,14H,7-11H2,(H,19,20). The van der Waals surface area contributed by atoms with Crippen LogP contribution < -0.4 is 0 Å². The Kier molecular flexibility index (Phi) is 4.41. The lowest BCUT2D eigenvalue weighted by atomic mass is 10.1. The summed E-state index contributed by atoms with van der Waals surface area (Å²) in [5, 5.41) is 10.2. The molecule has 1 aromatic heterocycles. The third-order valence-electron chi connectivity index (χ3n) is 3.85. The van der Waals surface area contributed by atoms with E-state index < -0.39 is 5.97 Å². The lowest BCUT2D eigenvalue weighted by molar-refractivity contribution is -0.138. The highest BCUT2D eigenvalue weighted by Crippen LogP contribution is 2.24. The van der Waals surface area contributed by atoms with Gasteiger partial charge in [-0.1, -0.05) is 24.3 Å². The molecule has 1 unspecified atom stereocenters. The number of benzene rings is 1. The number of pyridine rings is 1. The van der Waals surface area contributed by atoms with Gasteiger partial charge in [-0.3, -0.25) is 14.7 Å². The summed E-state index contributed by atoms with van der Waals surface area (Å²) in [7, 11) is 0. The van der Waals surface area contributed by atoms with E-state index in [4.69, 9.17) is 5.11 Å². The molecule has 0 spiro atoms. The Labute approximate surface area is 128 Å². The highest BCUT2D eigenvalue weighted by atomic mass is 32.2. The molecule has 2 aromatic rings. The number of aliphatic carboxylic acids is 1. The van der Waals surface area contributed by atoms with Gasteiger partial charge in [0.05, 0.1) is 11.9 Å². The molecule has 3 rings (SSSR count). The molecule has 110 valence electrons. The maximum Gasteiger partial charge on any atom is 0.304 e. The highest BCUT2D eigenvalue weighted by Gasteiger charge is 2.25. The molecule has 4 nitrogen and oxygen atoms in total. The summed E-state index contributed by atoms with van der Waals surface area (Å²) >= 11 is 1.84. The second-order valence-corrected chi connectivity index (χ2v) is 6.44. The van der Waals surface area contributed by atoms with Gasteiger partial charge in [-0.25, -0.2) is 0 Å². The van der Waals surface area contributed by atoms with E-state index in [-0.39, 0.29) is 12.5 Å². The average Bonchev–Trinajstić information content (AvgIpc) is 2.49. The van der Waals surface area contributed by atoms with Crippen LogP contribution in [0.15, 0.2) is 36.5 Å². The van der Waals surface area contributed by atoms with Gasteiger partial charge in [0.1, 0.15) is 0 Å². The van der Waals surface area contributed by atoms with Gasteiger partial charge in [0.2, 0.25) is 0 Å². The SMILES string of the molecule is O=C(O)CC1CSCCN1Cc1cccc2cccnc12. The number of carboxylic acid groups (broad SMARTS) is 1. The second-order valence-electron chi connectivity index (χ2n) is 5.29. The van der Waals surface area contributed by atoms with Crippen LogP contribution in [0.3, 0.4) is 0 Å². The molecule has 1 atom stereocenters. The van der Waals surface area contributed by atoms with E-state index in [9.17, 15) is 4.79 Å². The van der Waals surface area contributed by atoms with Crippen molar-refractivity contribution in [1.29, 1.82) is 0 Å². The first kappa shape index (κ1) is 14.4. The highest BCUT2D eigenvalue weighted by molar-refractivity contribution is 7.99. The molecule has 1 saturated heterocycles. The van der Waals surface area contributed by atoms with Gasteiger partial charge < -0.3 is 5.11 Å². The van der Waals surface area contributed by atoms with Crippen LogP contribution in [0.2, 0.25) is 0 Å². The molecule has 1 fully saturated rings. The van der Waals surface area contributed by atoms with Crippen LogP contribution >= 0.6 is 11.8 Å². The van der Waals surface area contributed by atoms with Crippen LogP contribution in [0.25, 0.3) is 10.9 Å². The quantitative estimate of drug-likeness (QED) is 0.941. The Morgan fingerprint density at radius 3 is 3.10 bits per heavy atom. The molecule has 21 heavy (non-hydrogen) atoms. The number of aromatic nitrogens is 1. The van der Waals surface area contributed by atoms with E-state index in [0.29, 0.717) is 0 Å². The van der Waals surface area contributed by atoms with Crippen LogP contribution in [0, 0.1) is 0 Å². The van der Waals surface area contributed by atoms with Gasteiger partial charge in [-0.05, 0) is 11.6 Å². The van der Waals surface area contributed by atoms with Crippen molar-refractivity contribution in [2.75, 3.05) is 18.1 Å². The van der Waals surface area contributed by atoms with Crippen molar-refractivity contribution >= 4 is 28.6 Å². The molecule has 0 radical (unpaired) electrons. The summed E-state index contributed by atoms with van der Waals surface area (Å²) in [5.74, 6) is 1.24. The van der Waals surface area contributed by atoms with E-state index in [0.717, 1.165) is 35.5 Å². The first-order valence-corrected chi connectivity index (χ1v) is 8.26. The first-order valence-electron chi connectivity index (χ1n) is 7.10. The monoisotopic (exact) mass is 302 g/mol. The Morgan fingerprint density at radius 2 is 2.24 bits per heavy atom. The van der Waals surface area contributed by atoms with Gasteiger partial charge >= 0.3 is 5.97 Å². The number of fused-ring (bicyclic) bond motifs is 1. The van der Waals surface area contributed by atoms with E-state index in [2.05, 4.69) is 28.1 Å². The molecule has 0 saturated carbocycles. The molecule has 0 aliphatic carbocycles. The summed E-state index contributed by atoms with van der Waals surface area (Å²) in [5.41, 5.74) is 2.20. The van der Waals surface area contributed by atoms with Gasteiger partial charge in [0, 0.05) is 42.2 Å². The number of nitrogens with zero attached hydrogens (tertiary/aromatic N) is 2. The molecular weight excluding hydrogens is 284 g/mol. The van der Waals surface area contributed by atoms with Crippen LogP contribution in [-0.2, 0) is 11.3 Å². The van der Waals surface area contributed by atoms with Crippen LogP contribution in [0.1, 0.15) is 12.0 Å². The van der Waals surface area contributed by atoms with Crippen molar-refractivity contribution in [1.82, 2.24) is 9.88 Å². The predicted molar refractivity (Wildman–Crippen MR) is 85.5 cm³/mol. The molecule has 2 heterocycles. The summed E-state index contributed by atoms with van der Waals surface area (Å²) in [6, 6.07) is 10.3. The van der Waals surface area contributed by atoms with Crippen molar-refractivity contribution < 1.29 is 9.90 Å². The Bertz CT molecular complexity index is 642. The van der Waals surface area contributed by atoms with Gasteiger partial charge in [-0.15, -0.1) is 0 Å². The fourth-order valence-corrected chi connectivity index (χ4v) is 3.93. The van der Waals surface area contributed by atoms with Crippen LogP contribution in [-0.4, -0.2) is 45.1 Å². The number of rotatable bonds is 4. The van der Waals surface area contributed by atoms with Crippen molar-refractivity contribution in [3.63, 3.8) is 0 Å². The fraction of sp³-hybridized carbons (Fsp3) is 0.375. The van der Waals surface area contributed by atoms with Crippen molar-refractivity contribution in [2.24, 2.45) is 0 Å². The summed E-state index contributed by atoms with van der Waals surface area (Å²) in [4.78, 5) is 17.8. The minimum absolute atomic E-state index is 0.111. The topological polar surface area (TPSA) is 53.4 Å². The fourth-order valence-electron chi connectivity index (χ4n) is 2.80. The second kappa shape index (κ2) is 6.45. The van der Waals surface area contributed by atoms with Gasteiger partial charge in [-0.2, -0.15) is 11.8 Å². The summed E-state index contributed by atoms with van der Waals surface area (Å²) in [6.07, 6.45) is 2.03. The number of carbonyl (C=O) groups is 1. The molecule has 0 amide bonds. The lowest BCUT2D eigenvalue weighted by Gasteiger charge is -2.34. The largest absolute Gasteiger partial charge is 0.481 e. The zero-order valence-corrected chi connectivity index (χ0v) is 12.6. The van der Waals surface area contributed by atoms with E-state index in [1.54, 1.807) is 0 Å². The maximum absolute atomic E-state index is 11.0. The number of carboxylic acids is 1. The van der Waals surface area contributed by atoms with Crippen molar-refractivity contribution in [3.05, 3.63) is 42.1 Å². The van der Waals surface area contributed by atoms with Crippen molar-refractivity contribution in [2.45, 2.75) is 19.0 Å². The van der Waals surface area contributed by atoms with E-state index >= 15 is 0 Å². The van der Waals surface area contributed by atoms with Crippen LogP contribution in [0.5, 0.6) is 0 Å². The minimum atomic E-state index is -0.719. The summed E-state index contributed by atoms with van der Waals surface area (Å²) < 4.78 is 0. The van der Waals surface area contributed by atoms with Crippen LogP contribution in [0.4, 0.5) is 0 Å². The normalized spacial score (nSPS) is 19.7. The van der Waals surface area contributed by atoms with E-state index in [1.807, 2.05) is 30.1 Å². The average molecular weight is 302 g/mol. The molecule has 1 aliphatic heterocycles. The van der Waals surface area contributed by atoms with E-state index in [1.165, 1.54) is 5.56 Å². The first-order chi connectivity index (χ1) is 10.2. The van der Waals surface area contributed by atoms with Gasteiger partial charge in [0.25, 0.3) is 0 Å². The number of hydrogen-bond acceptors (Lipinski definition) is 4. The smallest absolute Gasteiger partial charge is 0.304 e. The summed E-state index contributed by atoms with van der Waals surface area (Å²) in [6.45, 7) is 1.71. The third kappa shape index (κ3) is 3.36. The molecular formula is C16H18N2O2S. The Morgan fingerprint density at radius 1 is 1.38 bits per heavy atom. The number of thioether (sulfide) groups is 1. The Hall–Kier alpha value is -1.59. The lowest BCUT2D eigenvalue weighted by Crippen LogP contribution is -2.43. The molecule has 1 aliphatic rings. The molecule has 0 bridgehead atoms. The zero-order valence-electron chi connectivity index (χ0n) is 11.7. The predicted octanol–water partition coefficient (Wildman–Crippen LogP) is 2.63. The van der Waals surface area contributed by atoms with Gasteiger partial charge in [0.15, 0.2) is 0 Å². The zero-order chi connectivity index (χ0) is 14.7. The molecule has 5 heteroatoms.